The van der Waals surface area contributed by atoms with Crippen LogP contribution in [0.25, 0.3) is 6.08 Å². The molecule has 0 atom stereocenters. The smallest absolute Gasteiger partial charge is 0.232 e. The molecule has 4 rings (SSSR count). The zero-order valence-corrected chi connectivity index (χ0v) is 18.3. The number of fused-ring (bicyclic) bond motifs is 1. The van der Waals surface area contributed by atoms with Gasteiger partial charge in [-0.25, -0.2) is 0 Å². The molecule has 0 aliphatic carbocycles. The van der Waals surface area contributed by atoms with Crippen molar-refractivity contribution in [2.45, 2.75) is 20.4 Å². The van der Waals surface area contributed by atoms with Crippen LogP contribution in [0, 0.1) is 6.92 Å². The van der Waals surface area contributed by atoms with Gasteiger partial charge in [-0.2, -0.15) is 0 Å². The molecule has 5 nitrogen and oxygen atoms in total. The van der Waals surface area contributed by atoms with E-state index in [1.54, 1.807) is 12.1 Å². The summed E-state index contributed by atoms with van der Waals surface area (Å²) in [6.45, 7) is 9.54. The van der Waals surface area contributed by atoms with Gasteiger partial charge in [-0.3, -0.25) is 9.69 Å². The van der Waals surface area contributed by atoms with Gasteiger partial charge in [-0.15, -0.1) is 0 Å². The molecule has 6 heteroatoms. The Morgan fingerprint density at radius 1 is 1.17 bits per heavy atom. The monoisotopic (exact) mass is 456 g/mol. The number of hydrogen-bond acceptors (Lipinski definition) is 5. The Kier molecular flexibility index (Phi) is 5.76. The largest absolute Gasteiger partial charge is 0.507 e. The van der Waals surface area contributed by atoms with Crippen LogP contribution in [0.5, 0.6) is 11.5 Å². The lowest BCUT2D eigenvalue weighted by atomic mass is 9.99. The number of aromatic hydroxyl groups is 1. The lowest BCUT2D eigenvalue weighted by Crippen LogP contribution is -2.45. The summed E-state index contributed by atoms with van der Waals surface area (Å²) < 4.78 is 6.98. The number of likely N-dealkylation sites (N-methyl/N-ethyl adjacent to an activating group) is 1. The van der Waals surface area contributed by atoms with Gasteiger partial charge in [-0.1, -0.05) is 35.0 Å². The van der Waals surface area contributed by atoms with E-state index in [2.05, 4.69) is 32.7 Å². The average Bonchev–Trinajstić information content (AvgIpc) is 3.02. The summed E-state index contributed by atoms with van der Waals surface area (Å²) in [6, 6.07) is 9.40. The van der Waals surface area contributed by atoms with Gasteiger partial charge in [0.2, 0.25) is 5.78 Å². The fourth-order valence-corrected chi connectivity index (χ4v) is 4.38. The number of halogens is 1. The van der Waals surface area contributed by atoms with Crippen LogP contribution in [0.3, 0.4) is 0 Å². The van der Waals surface area contributed by atoms with Crippen LogP contribution >= 0.6 is 15.9 Å². The van der Waals surface area contributed by atoms with Crippen molar-refractivity contribution in [3.63, 3.8) is 0 Å². The Morgan fingerprint density at radius 3 is 2.59 bits per heavy atom. The highest BCUT2D eigenvalue weighted by Crippen LogP contribution is 2.42. The summed E-state index contributed by atoms with van der Waals surface area (Å²) in [5.74, 6) is 0.862. The first-order valence-corrected chi connectivity index (χ1v) is 10.8. The van der Waals surface area contributed by atoms with Gasteiger partial charge in [0, 0.05) is 37.2 Å². The number of aryl methyl sites for hydroxylation is 1. The topological polar surface area (TPSA) is 53.0 Å². The predicted molar refractivity (Wildman–Crippen MR) is 117 cm³/mol. The first-order chi connectivity index (χ1) is 14.0. The van der Waals surface area contributed by atoms with E-state index >= 15 is 0 Å². The Balaban J connectivity index is 1.64. The molecular weight excluding hydrogens is 432 g/mol. The minimum absolute atomic E-state index is 0.130. The molecule has 0 unspecified atom stereocenters. The van der Waals surface area contributed by atoms with E-state index < -0.39 is 0 Å². The number of hydrogen-bond donors (Lipinski definition) is 1. The van der Waals surface area contributed by atoms with Crippen molar-refractivity contribution in [3.8, 4) is 11.5 Å². The van der Waals surface area contributed by atoms with Gasteiger partial charge in [0.25, 0.3) is 0 Å². The first-order valence-electron chi connectivity index (χ1n) is 9.96. The van der Waals surface area contributed by atoms with E-state index in [1.165, 1.54) is 0 Å². The molecule has 0 saturated carbocycles. The standard InChI is InChI=1S/C23H25BrN2O3/c1-3-25-7-9-26(10-8-25)14-18-19(27)11-15(2)21-22(28)20(29-23(18)21)13-16-5-4-6-17(24)12-16/h4-6,11-13,27H,3,7-10,14H2,1-2H3/b20-13-. The van der Waals surface area contributed by atoms with E-state index in [0.717, 1.165) is 48.3 Å². The number of carbonyl (C=O) groups excluding carboxylic acids is 1. The number of nitrogens with zero attached hydrogens (tertiary/aromatic N) is 2. The highest BCUT2D eigenvalue weighted by Gasteiger charge is 2.34. The van der Waals surface area contributed by atoms with Gasteiger partial charge in [-0.05, 0) is 48.9 Å². The molecule has 0 bridgehead atoms. The van der Waals surface area contributed by atoms with Crippen LogP contribution in [0.4, 0.5) is 0 Å². The molecule has 0 radical (unpaired) electrons. The van der Waals surface area contributed by atoms with Gasteiger partial charge < -0.3 is 14.7 Å². The molecule has 1 fully saturated rings. The molecule has 2 aromatic carbocycles. The predicted octanol–water partition coefficient (Wildman–Crippen LogP) is 4.22. The lowest BCUT2D eigenvalue weighted by molar-refractivity contribution is 0.101. The van der Waals surface area contributed by atoms with Crippen molar-refractivity contribution >= 4 is 27.8 Å². The molecule has 1 N–H and O–H groups in total. The second-order valence-electron chi connectivity index (χ2n) is 7.60. The third-order valence-electron chi connectivity index (χ3n) is 5.66. The molecule has 152 valence electrons. The minimum atomic E-state index is -0.130. The van der Waals surface area contributed by atoms with Crippen LogP contribution < -0.4 is 4.74 Å². The summed E-state index contributed by atoms with van der Waals surface area (Å²) >= 11 is 3.46. The second kappa shape index (κ2) is 8.30. The van der Waals surface area contributed by atoms with Crippen LogP contribution in [-0.2, 0) is 6.54 Å². The van der Waals surface area contributed by atoms with Crippen molar-refractivity contribution in [1.29, 1.82) is 0 Å². The number of phenols is 1. The van der Waals surface area contributed by atoms with E-state index in [4.69, 9.17) is 4.74 Å². The molecule has 1 saturated heterocycles. The maximum Gasteiger partial charge on any atom is 0.232 e. The normalized spacial score (nSPS) is 18.9. The number of carbonyl (C=O) groups is 1. The SMILES string of the molecule is CCN1CCN(Cc2c(O)cc(C)c3c2O/C(=C\c2cccc(Br)c2)C3=O)CC1. The molecule has 2 heterocycles. The van der Waals surface area contributed by atoms with E-state index in [9.17, 15) is 9.90 Å². The molecule has 0 amide bonds. The maximum atomic E-state index is 13.0. The number of ether oxygens (including phenoxy) is 1. The highest BCUT2D eigenvalue weighted by molar-refractivity contribution is 9.10. The maximum absolute atomic E-state index is 13.0. The fourth-order valence-electron chi connectivity index (χ4n) is 3.97. The van der Waals surface area contributed by atoms with E-state index in [0.29, 0.717) is 29.2 Å². The zero-order chi connectivity index (χ0) is 20.5. The van der Waals surface area contributed by atoms with E-state index in [1.807, 2.05) is 31.2 Å². The average molecular weight is 457 g/mol. The molecule has 0 spiro atoms. The summed E-state index contributed by atoms with van der Waals surface area (Å²) in [5.41, 5.74) is 2.88. The van der Waals surface area contributed by atoms with Crippen LogP contribution in [-0.4, -0.2) is 53.4 Å². The van der Waals surface area contributed by atoms with Gasteiger partial charge in [0.05, 0.1) is 11.1 Å². The van der Waals surface area contributed by atoms with Crippen molar-refractivity contribution in [2.24, 2.45) is 0 Å². The molecule has 2 aromatic rings. The third-order valence-corrected chi connectivity index (χ3v) is 6.15. The van der Waals surface area contributed by atoms with Crippen molar-refractivity contribution < 1.29 is 14.6 Å². The Labute approximate surface area is 179 Å². The number of allylic oxidation sites excluding steroid dienone is 1. The number of benzene rings is 2. The minimum Gasteiger partial charge on any atom is -0.507 e. The number of ketones is 1. The Hall–Kier alpha value is -2.15. The molecule has 2 aliphatic rings. The van der Waals surface area contributed by atoms with Crippen LogP contribution in [0.2, 0.25) is 0 Å². The molecule has 0 aromatic heterocycles. The zero-order valence-electron chi connectivity index (χ0n) is 16.7. The van der Waals surface area contributed by atoms with E-state index in [-0.39, 0.29) is 11.5 Å². The molecular formula is C23H25BrN2O3. The Bertz CT molecular complexity index is 978. The number of piperazine rings is 1. The summed E-state index contributed by atoms with van der Waals surface area (Å²) in [4.78, 5) is 17.8. The van der Waals surface area contributed by atoms with Crippen LogP contribution in [0.15, 0.2) is 40.6 Å². The van der Waals surface area contributed by atoms with Crippen molar-refractivity contribution in [2.75, 3.05) is 32.7 Å². The summed E-state index contributed by atoms with van der Waals surface area (Å²) in [7, 11) is 0. The Morgan fingerprint density at radius 2 is 1.90 bits per heavy atom. The number of phenolic OH excluding ortho intramolecular Hbond substituents is 1. The molecule has 2 aliphatic heterocycles. The second-order valence-corrected chi connectivity index (χ2v) is 8.52. The van der Waals surface area contributed by atoms with Gasteiger partial charge >= 0.3 is 0 Å². The fraction of sp³-hybridized carbons (Fsp3) is 0.348. The first kappa shape index (κ1) is 20.1. The quantitative estimate of drug-likeness (QED) is 0.697. The number of rotatable bonds is 4. The highest BCUT2D eigenvalue weighted by atomic mass is 79.9. The summed E-state index contributed by atoms with van der Waals surface area (Å²) in [6.07, 6.45) is 1.76. The number of Topliss-reactive ketones (excluding diaryl/α,β-unsaturated/α-hetero) is 1. The third kappa shape index (κ3) is 4.10. The van der Waals surface area contributed by atoms with Crippen molar-refractivity contribution in [3.05, 3.63) is 62.8 Å². The van der Waals surface area contributed by atoms with Crippen LogP contribution in [0.1, 0.15) is 34.0 Å². The lowest BCUT2D eigenvalue weighted by Gasteiger charge is -2.34. The molecule has 29 heavy (non-hydrogen) atoms. The van der Waals surface area contributed by atoms with Gasteiger partial charge in [0.1, 0.15) is 11.5 Å². The summed E-state index contributed by atoms with van der Waals surface area (Å²) in [5, 5.41) is 10.6. The van der Waals surface area contributed by atoms with Crippen molar-refractivity contribution in [1.82, 2.24) is 9.80 Å². The van der Waals surface area contributed by atoms with Gasteiger partial charge in [0.15, 0.2) is 5.76 Å².